The number of pyridine rings is 3. The number of fused-ring (bicyclic) bond motifs is 2. The Bertz CT molecular complexity index is 1240. The minimum atomic E-state index is 0.982. The molecule has 0 aliphatic heterocycles. The van der Waals surface area contributed by atoms with Crippen LogP contribution in [0.2, 0.25) is 0 Å². The highest BCUT2D eigenvalue weighted by molar-refractivity contribution is 5.97. The molecule has 0 fully saturated rings. The van der Waals surface area contributed by atoms with Gasteiger partial charge < -0.3 is 4.57 Å². The van der Waals surface area contributed by atoms with Gasteiger partial charge >= 0.3 is 0 Å². The van der Waals surface area contributed by atoms with Crippen molar-refractivity contribution in [2.75, 3.05) is 0 Å². The van der Waals surface area contributed by atoms with Gasteiger partial charge in [-0.1, -0.05) is 6.07 Å². The van der Waals surface area contributed by atoms with E-state index in [0.717, 1.165) is 44.2 Å². The van der Waals surface area contributed by atoms with Gasteiger partial charge in [0.15, 0.2) is 0 Å². The second-order valence-electron chi connectivity index (χ2n) is 6.38. The third-order valence-corrected chi connectivity index (χ3v) is 4.80. The quantitative estimate of drug-likeness (QED) is 0.463. The third kappa shape index (κ3) is 2.35. The van der Waals surface area contributed by atoms with E-state index in [1.165, 1.54) is 0 Å². The molecule has 0 aliphatic carbocycles. The lowest BCUT2D eigenvalue weighted by atomic mass is 9.98. The van der Waals surface area contributed by atoms with E-state index in [0.29, 0.717) is 0 Å². The van der Waals surface area contributed by atoms with Gasteiger partial charge in [-0.25, -0.2) is 0 Å². The molecule has 0 saturated heterocycles. The molecule has 0 spiro atoms. The molecule has 5 aromatic rings. The fourth-order valence-corrected chi connectivity index (χ4v) is 3.40. The number of rotatable bonds is 2. The first-order valence-electron chi connectivity index (χ1n) is 8.50. The molecule has 0 saturated carbocycles. The van der Waals surface area contributed by atoms with Crippen LogP contribution in [-0.2, 0) is 7.05 Å². The van der Waals surface area contributed by atoms with E-state index < -0.39 is 0 Å². The van der Waals surface area contributed by atoms with Crippen LogP contribution in [0.3, 0.4) is 0 Å². The van der Waals surface area contributed by atoms with E-state index >= 15 is 0 Å². The zero-order valence-electron chi connectivity index (χ0n) is 14.3. The summed E-state index contributed by atoms with van der Waals surface area (Å²) < 4.78 is 2.09. The highest BCUT2D eigenvalue weighted by Gasteiger charge is 2.08. The predicted molar refractivity (Wildman–Crippen MR) is 105 cm³/mol. The number of aryl methyl sites for hydroxylation is 1. The summed E-state index contributed by atoms with van der Waals surface area (Å²) in [5.74, 6) is 0. The van der Waals surface area contributed by atoms with Crippen LogP contribution in [0.5, 0.6) is 0 Å². The van der Waals surface area contributed by atoms with Crippen LogP contribution < -0.4 is 0 Å². The Labute approximate surface area is 150 Å². The lowest BCUT2D eigenvalue weighted by Crippen LogP contribution is -1.89. The van der Waals surface area contributed by atoms with Crippen LogP contribution in [0.1, 0.15) is 0 Å². The Hall–Kier alpha value is -3.53. The second kappa shape index (κ2) is 5.77. The zero-order chi connectivity index (χ0) is 17.5. The Balaban J connectivity index is 1.72. The van der Waals surface area contributed by atoms with E-state index in [-0.39, 0.29) is 0 Å². The molecule has 1 aromatic carbocycles. The maximum Gasteiger partial charge on any atom is 0.0881 e. The lowest BCUT2D eigenvalue weighted by molar-refractivity contribution is 0.968. The Morgan fingerprint density at radius 1 is 0.731 bits per heavy atom. The van der Waals surface area contributed by atoms with Crippen molar-refractivity contribution in [1.82, 2.24) is 19.5 Å². The molecule has 4 aromatic heterocycles. The number of nitrogens with zero attached hydrogens (tertiary/aromatic N) is 4. The van der Waals surface area contributed by atoms with Crippen molar-refractivity contribution in [1.29, 1.82) is 0 Å². The van der Waals surface area contributed by atoms with Crippen LogP contribution >= 0.6 is 0 Å². The first kappa shape index (κ1) is 14.8. The van der Waals surface area contributed by atoms with Gasteiger partial charge in [-0.2, -0.15) is 0 Å². The number of hydrogen-bond acceptors (Lipinski definition) is 3. The topological polar surface area (TPSA) is 43.6 Å². The molecule has 0 radical (unpaired) electrons. The third-order valence-electron chi connectivity index (χ3n) is 4.80. The number of hydrogen-bond donors (Lipinski definition) is 0. The molecule has 0 amide bonds. The van der Waals surface area contributed by atoms with Crippen LogP contribution in [0.25, 0.3) is 44.2 Å². The van der Waals surface area contributed by atoms with Crippen LogP contribution in [0, 0.1) is 0 Å². The summed E-state index contributed by atoms with van der Waals surface area (Å²) in [6, 6.07) is 16.7. The van der Waals surface area contributed by atoms with Crippen LogP contribution in [0.15, 0.2) is 79.5 Å². The summed E-state index contributed by atoms with van der Waals surface area (Å²) >= 11 is 0. The number of aromatic nitrogens is 4. The average Bonchev–Trinajstić information content (AvgIpc) is 3.08. The molecule has 0 unspecified atom stereocenters. The van der Waals surface area contributed by atoms with E-state index in [2.05, 4.69) is 49.9 Å². The summed E-state index contributed by atoms with van der Waals surface area (Å²) in [5.41, 5.74) is 7.66. The molecule has 0 aliphatic rings. The highest BCUT2D eigenvalue weighted by Crippen LogP contribution is 2.31. The smallest absolute Gasteiger partial charge is 0.0881 e. The highest BCUT2D eigenvalue weighted by atomic mass is 14.9. The lowest BCUT2D eigenvalue weighted by Gasteiger charge is -2.09. The standard InChI is InChI=1S/C22H16N4/c1-26-11-7-21-22(26)13-17(14-25-21)16-2-3-20-19(12-16)18(6-10-24-20)15-4-8-23-9-5-15/h2-14H,1H3. The van der Waals surface area contributed by atoms with Gasteiger partial charge in [0.2, 0.25) is 0 Å². The van der Waals surface area contributed by atoms with Crippen molar-refractivity contribution in [2.24, 2.45) is 7.05 Å². The molecule has 0 atom stereocenters. The molecule has 4 heteroatoms. The van der Waals surface area contributed by atoms with E-state index in [1.807, 2.05) is 56.2 Å². The van der Waals surface area contributed by atoms with Crippen molar-refractivity contribution in [2.45, 2.75) is 0 Å². The SMILES string of the molecule is Cn1ccc2ncc(-c3ccc4nccc(-c5ccncc5)c4c3)cc21. The maximum atomic E-state index is 4.59. The molecule has 0 bridgehead atoms. The van der Waals surface area contributed by atoms with Crippen molar-refractivity contribution >= 4 is 21.9 Å². The van der Waals surface area contributed by atoms with Crippen LogP contribution in [-0.4, -0.2) is 19.5 Å². The van der Waals surface area contributed by atoms with Gasteiger partial charge in [0.1, 0.15) is 0 Å². The van der Waals surface area contributed by atoms with Crippen LogP contribution in [0.4, 0.5) is 0 Å². The fraction of sp³-hybridized carbons (Fsp3) is 0.0455. The first-order valence-corrected chi connectivity index (χ1v) is 8.50. The summed E-state index contributed by atoms with van der Waals surface area (Å²) in [4.78, 5) is 13.2. The zero-order valence-corrected chi connectivity index (χ0v) is 14.3. The average molecular weight is 336 g/mol. The summed E-state index contributed by atoms with van der Waals surface area (Å²) in [5, 5.41) is 1.13. The van der Waals surface area contributed by atoms with Gasteiger partial charge in [0, 0.05) is 49.0 Å². The van der Waals surface area contributed by atoms with Gasteiger partial charge in [-0.15, -0.1) is 0 Å². The normalized spacial score (nSPS) is 11.3. The van der Waals surface area contributed by atoms with Gasteiger partial charge in [0.05, 0.1) is 16.6 Å². The summed E-state index contributed by atoms with van der Waals surface area (Å²) in [7, 11) is 2.04. The molecule has 0 N–H and O–H groups in total. The van der Waals surface area contributed by atoms with E-state index in [9.17, 15) is 0 Å². The molecule has 26 heavy (non-hydrogen) atoms. The molecular weight excluding hydrogens is 320 g/mol. The summed E-state index contributed by atoms with van der Waals surface area (Å²) in [6.07, 6.45) is 9.46. The van der Waals surface area contributed by atoms with Crippen molar-refractivity contribution < 1.29 is 0 Å². The molecule has 4 nitrogen and oxygen atoms in total. The Morgan fingerprint density at radius 2 is 1.62 bits per heavy atom. The molecule has 5 rings (SSSR count). The fourth-order valence-electron chi connectivity index (χ4n) is 3.40. The molecule has 4 heterocycles. The van der Waals surface area contributed by atoms with Gasteiger partial charge in [-0.3, -0.25) is 15.0 Å². The van der Waals surface area contributed by atoms with Crippen molar-refractivity contribution in [3.05, 3.63) is 79.5 Å². The first-order chi connectivity index (χ1) is 12.8. The van der Waals surface area contributed by atoms with E-state index in [4.69, 9.17) is 0 Å². The second-order valence-corrected chi connectivity index (χ2v) is 6.38. The van der Waals surface area contributed by atoms with Crippen molar-refractivity contribution in [3.8, 4) is 22.3 Å². The molecule has 124 valence electrons. The monoisotopic (exact) mass is 336 g/mol. The molecular formula is C22H16N4. The van der Waals surface area contributed by atoms with Gasteiger partial charge in [-0.05, 0) is 59.2 Å². The minimum Gasteiger partial charge on any atom is -0.349 e. The predicted octanol–water partition coefficient (Wildman–Crippen LogP) is 4.85. The minimum absolute atomic E-state index is 0.982. The Kier molecular flexibility index (Phi) is 3.28. The van der Waals surface area contributed by atoms with Crippen molar-refractivity contribution in [3.63, 3.8) is 0 Å². The number of benzene rings is 1. The maximum absolute atomic E-state index is 4.59. The van der Waals surface area contributed by atoms with Gasteiger partial charge in [0.25, 0.3) is 0 Å². The summed E-state index contributed by atoms with van der Waals surface area (Å²) in [6.45, 7) is 0. The van der Waals surface area contributed by atoms with E-state index in [1.54, 1.807) is 0 Å². The Morgan fingerprint density at radius 3 is 2.50 bits per heavy atom. The largest absolute Gasteiger partial charge is 0.349 e.